The van der Waals surface area contributed by atoms with Gasteiger partial charge in [-0.2, -0.15) is 0 Å². The van der Waals surface area contributed by atoms with Gasteiger partial charge in [0.15, 0.2) is 0 Å². The molecule has 0 fully saturated rings. The van der Waals surface area contributed by atoms with Crippen LogP contribution in [-0.4, -0.2) is 17.4 Å². The topological polar surface area (TPSA) is 12.0 Å². The zero-order valence-corrected chi connectivity index (χ0v) is 13.0. The van der Waals surface area contributed by atoms with E-state index in [9.17, 15) is 0 Å². The third kappa shape index (κ3) is 3.83. The molecule has 0 aliphatic heterocycles. The number of fused-ring (bicyclic) bond motifs is 1. The molecular weight excluding hydrogens is 286 g/mol. The van der Waals surface area contributed by atoms with Crippen LogP contribution < -0.4 is 5.32 Å². The molecule has 1 aromatic carbocycles. The fourth-order valence-corrected chi connectivity index (χ4v) is 3.54. The van der Waals surface area contributed by atoms with Crippen LogP contribution in [0.1, 0.15) is 50.2 Å². The molecule has 1 aromatic rings. The van der Waals surface area contributed by atoms with Gasteiger partial charge >= 0.3 is 0 Å². The van der Waals surface area contributed by atoms with Gasteiger partial charge in [0.1, 0.15) is 0 Å². The van der Waals surface area contributed by atoms with Crippen molar-refractivity contribution in [3.05, 3.63) is 35.4 Å². The maximum Gasteiger partial charge on any atom is 0.0132 e. The van der Waals surface area contributed by atoms with Gasteiger partial charge in [-0.05, 0) is 49.7 Å². The standard InChI is InChI=1S/C16H24BrN/c1-12(17)10-13(2)18-11-15-8-5-7-14-6-3-4-9-16(14)15/h3-4,6,9,12-13,15,18H,5,7-8,10-11H2,1-2H3. The van der Waals surface area contributed by atoms with Crippen molar-refractivity contribution in [3.63, 3.8) is 0 Å². The van der Waals surface area contributed by atoms with E-state index in [1.165, 1.54) is 25.7 Å². The van der Waals surface area contributed by atoms with Gasteiger partial charge in [-0.1, -0.05) is 47.1 Å². The van der Waals surface area contributed by atoms with E-state index in [1.54, 1.807) is 11.1 Å². The lowest BCUT2D eigenvalue weighted by Crippen LogP contribution is -2.32. The lowest BCUT2D eigenvalue weighted by Gasteiger charge is -2.27. The number of alkyl halides is 1. The fourth-order valence-electron chi connectivity index (χ4n) is 2.98. The molecule has 0 radical (unpaired) electrons. The molecule has 0 heterocycles. The van der Waals surface area contributed by atoms with Crippen molar-refractivity contribution in [2.24, 2.45) is 0 Å². The van der Waals surface area contributed by atoms with Crippen LogP contribution in [0, 0.1) is 0 Å². The molecule has 0 saturated heterocycles. The van der Waals surface area contributed by atoms with E-state index in [0.29, 0.717) is 16.8 Å². The van der Waals surface area contributed by atoms with Gasteiger partial charge < -0.3 is 5.32 Å². The second kappa shape index (κ2) is 6.72. The number of hydrogen-bond donors (Lipinski definition) is 1. The number of benzene rings is 1. The summed E-state index contributed by atoms with van der Waals surface area (Å²) in [5.74, 6) is 0.711. The monoisotopic (exact) mass is 309 g/mol. The number of halogens is 1. The second-order valence-corrected chi connectivity index (χ2v) is 7.18. The van der Waals surface area contributed by atoms with Crippen LogP contribution in [0.15, 0.2) is 24.3 Å². The van der Waals surface area contributed by atoms with Crippen molar-refractivity contribution >= 4 is 15.9 Å². The highest BCUT2D eigenvalue weighted by Gasteiger charge is 2.20. The Labute approximate surface area is 119 Å². The van der Waals surface area contributed by atoms with Gasteiger partial charge in [-0.25, -0.2) is 0 Å². The molecule has 3 unspecified atom stereocenters. The lowest BCUT2D eigenvalue weighted by atomic mass is 9.83. The first-order valence-corrected chi connectivity index (χ1v) is 8.03. The third-order valence-electron chi connectivity index (χ3n) is 3.88. The highest BCUT2D eigenvalue weighted by molar-refractivity contribution is 9.09. The maximum atomic E-state index is 3.69. The average Bonchev–Trinajstić information content (AvgIpc) is 2.35. The Morgan fingerprint density at radius 1 is 1.33 bits per heavy atom. The van der Waals surface area contributed by atoms with Crippen LogP contribution in [0.2, 0.25) is 0 Å². The van der Waals surface area contributed by atoms with Crippen LogP contribution >= 0.6 is 15.9 Å². The molecule has 1 N–H and O–H groups in total. The first-order valence-electron chi connectivity index (χ1n) is 7.12. The summed E-state index contributed by atoms with van der Waals surface area (Å²) < 4.78 is 0. The Morgan fingerprint density at radius 2 is 2.11 bits per heavy atom. The molecule has 0 bridgehead atoms. The van der Waals surface area contributed by atoms with Gasteiger partial charge in [-0.3, -0.25) is 0 Å². The Hall–Kier alpha value is -0.340. The Morgan fingerprint density at radius 3 is 2.89 bits per heavy atom. The molecule has 3 atom stereocenters. The number of rotatable bonds is 5. The Balaban J connectivity index is 1.91. The predicted octanol–water partition coefficient (Wildman–Crippen LogP) is 4.26. The van der Waals surface area contributed by atoms with Crippen LogP contribution in [-0.2, 0) is 6.42 Å². The molecule has 0 amide bonds. The van der Waals surface area contributed by atoms with Crippen molar-refractivity contribution in [2.45, 2.75) is 56.3 Å². The van der Waals surface area contributed by atoms with Crippen molar-refractivity contribution in [3.8, 4) is 0 Å². The number of aryl methyl sites for hydroxylation is 1. The Kier molecular flexibility index (Phi) is 5.25. The van der Waals surface area contributed by atoms with Crippen molar-refractivity contribution in [1.29, 1.82) is 0 Å². The summed E-state index contributed by atoms with van der Waals surface area (Å²) in [5.41, 5.74) is 3.15. The number of nitrogens with one attached hydrogen (secondary N) is 1. The van der Waals surface area contributed by atoms with E-state index >= 15 is 0 Å². The largest absolute Gasteiger partial charge is 0.314 e. The smallest absolute Gasteiger partial charge is 0.0132 e. The molecule has 2 rings (SSSR count). The van der Waals surface area contributed by atoms with Gasteiger partial charge in [0.2, 0.25) is 0 Å². The summed E-state index contributed by atoms with van der Waals surface area (Å²) in [6, 6.07) is 9.56. The molecule has 0 saturated carbocycles. The molecule has 1 aliphatic rings. The van der Waals surface area contributed by atoms with Crippen molar-refractivity contribution in [2.75, 3.05) is 6.54 Å². The van der Waals surface area contributed by atoms with Gasteiger partial charge in [-0.15, -0.1) is 0 Å². The molecule has 18 heavy (non-hydrogen) atoms. The SMILES string of the molecule is CC(Br)CC(C)NCC1CCCc2ccccc21. The summed E-state index contributed by atoms with van der Waals surface area (Å²) in [6.07, 6.45) is 5.13. The molecule has 1 nitrogen and oxygen atoms in total. The van der Waals surface area contributed by atoms with Crippen LogP contribution in [0.5, 0.6) is 0 Å². The zero-order chi connectivity index (χ0) is 13.0. The highest BCUT2D eigenvalue weighted by Crippen LogP contribution is 2.30. The zero-order valence-electron chi connectivity index (χ0n) is 11.5. The van der Waals surface area contributed by atoms with Gasteiger partial charge in [0.25, 0.3) is 0 Å². The molecular formula is C16H24BrN. The van der Waals surface area contributed by atoms with E-state index in [0.717, 1.165) is 6.54 Å². The average molecular weight is 310 g/mol. The first-order chi connectivity index (χ1) is 8.66. The van der Waals surface area contributed by atoms with E-state index < -0.39 is 0 Å². The van der Waals surface area contributed by atoms with Crippen LogP contribution in [0.3, 0.4) is 0 Å². The summed E-state index contributed by atoms with van der Waals surface area (Å²) in [7, 11) is 0. The van der Waals surface area contributed by atoms with Crippen LogP contribution in [0.4, 0.5) is 0 Å². The maximum absolute atomic E-state index is 3.69. The third-order valence-corrected chi connectivity index (χ3v) is 4.26. The van der Waals surface area contributed by atoms with E-state index in [2.05, 4.69) is 59.4 Å². The molecule has 1 aliphatic carbocycles. The minimum Gasteiger partial charge on any atom is -0.314 e. The molecule has 0 aromatic heterocycles. The van der Waals surface area contributed by atoms with Gasteiger partial charge in [0.05, 0.1) is 0 Å². The lowest BCUT2D eigenvalue weighted by molar-refractivity contribution is 0.451. The minimum absolute atomic E-state index is 0.591. The van der Waals surface area contributed by atoms with Crippen LogP contribution in [0.25, 0.3) is 0 Å². The van der Waals surface area contributed by atoms with E-state index in [1.807, 2.05) is 0 Å². The molecule has 100 valence electrons. The predicted molar refractivity (Wildman–Crippen MR) is 82.6 cm³/mol. The van der Waals surface area contributed by atoms with E-state index in [-0.39, 0.29) is 0 Å². The Bertz CT molecular complexity index is 375. The molecule has 2 heteroatoms. The van der Waals surface area contributed by atoms with Crippen molar-refractivity contribution in [1.82, 2.24) is 5.32 Å². The fraction of sp³-hybridized carbons (Fsp3) is 0.625. The summed E-state index contributed by atoms with van der Waals surface area (Å²) in [6.45, 7) is 5.62. The normalized spacial score (nSPS) is 22.3. The van der Waals surface area contributed by atoms with Crippen molar-refractivity contribution < 1.29 is 0 Å². The second-order valence-electron chi connectivity index (χ2n) is 5.61. The van der Waals surface area contributed by atoms with Gasteiger partial charge in [0, 0.05) is 17.4 Å². The van der Waals surface area contributed by atoms with E-state index in [4.69, 9.17) is 0 Å². The molecule has 0 spiro atoms. The quantitative estimate of drug-likeness (QED) is 0.801. The number of hydrogen-bond acceptors (Lipinski definition) is 1. The summed E-state index contributed by atoms with van der Waals surface area (Å²) >= 11 is 3.63. The first kappa shape index (κ1) is 14.1. The minimum atomic E-state index is 0.591. The summed E-state index contributed by atoms with van der Waals surface area (Å²) in [4.78, 5) is 0.596. The summed E-state index contributed by atoms with van der Waals surface area (Å²) in [5, 5.41) is 3.69. The highest BCUT2D eigenvalue weighted by atomic mass is 79.9.